The standard InChI is InChI=1S/C9H16O5S/c1-8(9(10)11)6-4-2-3-5-7-15(12,13)14/h1-7H2,(H,10,11)(H,12,13,14). The zero-order chi connectivity index (χ0) is 11.9. The van der Waals surface area contributed by atoms with E-state index < -0.39 is 16.1 Å². The van der Waals surface area contributed by atoms with E-state index in [0.717, 1.165) is 6.42 Å². The van der Waals surface area contributed by atoms with E-state index in [0.29, 0.717) is 25.7 Å². The summed E-state index contributed by atoms with van der Waals surface area (Å²) < 4.78 is 29.1. The van der Waals surface area contributed by atoms with E-state index in [2.05, 4.69) is 6.58 Å². The molecule has 0 spiro atoms. The molecule has 0 aromatic carbocycles. The van der Waals surface area contributed by atoms with Crippen LogP contribution in [0.2, 0.25) is 0 Å². The van der Waals surface area contributed by atoms with Crippen molar-refractivity contribution in [2.24, 2.45) is 0 Å². The zero-order valence-corrected chi connectivity index (χ0v) is 9.29. The monoisotopic (exact) mass is 236 g/mol. The summed E-state index contributed by atoms with van der Waals surface area (Å²) in [5, 5.41) is 8.48. The number of carbonyl (C=O) groups is 1. The van der Waals surface area contributed by atoms with Crippen LogP contribution in [0.5, 0.6) is 0 Å². The van der Waals surface area contributed by atoms with Gasteiger partial charge < -0.3 is 5.11 Å². The Morgan fingerprint density at radius 1 is 1.13 bits per heavy atom. The van der Waals surface area contributed by atoms with Crippen LogP contribution in [0.25, 0.3) is 0 Å². The summed E-state index contributed by atoms with van der Waals surface area (Å²) in [6.45, 7) is 3.38. The van der Waals surface area contributed by atoms with Crippen LogP contribution in [-0.2, 0) is 14.9 Å². The topological polar surface area (TPSA) is 91.7 Å². The molecule has 0 aromatic heterocycles. The van der Waals surface area contributed by atoms with Gasteiger partial charge in [0.05, 0.1) is 5.75 Å². The normalized spacial score (nSPS) is 11.3. The van der Waals surface area contributed by atoms with Crippen LogP contribution < -0.4 is 0 Å². The van der Waals surface area contributed by atoms with Crippen LogP contribution in [0, 0.1) is 0 Å². The highest BCUT2D eigenvalue weighted by Gasteiger charge is 2.05. The highest BCUT2D eigenvalue weighted by atomic mass is 32.2. The van der Waals surface area contributed by atoms with Crippen molar-refractivity contribution in [3.05, 3.63) is 12.2 Å². The Morgan fingerprint density at radius 2 is 1.67 bits per heavy atom. The van der Waals surface area contributed by atoms with Gasteiger partial charge in [-0.25, -0.2) is 4.79 Å². The van der Waals surface area contributed by atoms with Crippen molar-refractivity contribution in [3.63, 3.8) is 0 Å². The molecule has 0 aliphatic heterocycles. The van der Waals surface area contributed by atoms with Gasteiger partial charge in [0.1, 0.15) is 0 Å². The lowest BCUT2D eigenvalue weighted by Crippen LogP contribution is -2.03. The third kappa shape index (κ3) is 9.42. The Balaban J connectivity index is 3.41. The lowest BCUT2D eigenvalue weighted by molar-refractivity contribution is -0.132. The minimum atomic E-state index is -3.85. The fraction of sp³-hybridized carbons (Fsp3) is 0.667. The van der Waals surface area contributed by atoms with Crippen LogP contribution >= 0.6 is 0 Å². The molecule has 88 valence electrons. The summed E-state index contributed by atoms with van der Waals surface area (Å²) in [7, 11) is -3.85. The second-order valence-electron chi connectivity index (χ2n) is 3.36. The molecule has 0 fully saturated rings. The van der Waals surface area contributed by atoms with E-state index in [4.69, 9.17) is 9.66 Å². The lowest BCUT2D eigenvalue weighted by Gasteiger charge is -2.00. The summed E-state index contributed by atoms with van der Waals surface area (Å²) in [5.74, 6) is -1.22. The van der Waals surface area contributed by atoms with E-state index in [9.17, 15) is 13.2 Å². The maximum atomic E-state index is 10.3. The Kier molecular flexibility index (Phi) is 6.19. The molecule has 2 N–H and O–H groups in total. The molecule has 0 aromatic rings. The molecule has 0 atom stereocenters. The molecule has 0 rings (SSSR count). The molecule has 0 heterocycles. The third-order valence-corrected chi connectivity index (χ3v) is 2.74. The van der Waals surface area contributed by atoms with Crippen molar-refractivity contribution in [1.82, 2.24) is 0 Å². The van der Waals surface area contributed by atoms with Gasteiger partial charge in [-0.05, 0) is 19.3 Å². The highest BCUT2D eigenvalue weighted by molar-refractivity contribution is 7.85. The zero-order valence-electron chi connectivity index (χ0n) is 8.48. The molecule has 0 unspecified atom stereocenters. The van der Waals surface area contributed by atoms with Gasteiger partial charge in [0, 0.05) is 5.57 Å². The first-order valence-electron chi connectivity index (χ1n) is 4.69. The van der Waals surface area contributed by atoms with Crippen LogP contribution in [0.15, 0.2) is 12.2 Å². The van der Waals surface area contributed by atoms with Gasteiger partial charge in [-0.2, -0.15) is 8.42 Å². The predicted octanol–water partition coefficient (Wildman–Crippen LogP) is 1.47. The van der Waals surface area contributed by atoms with Crippen LogP contribution in [0.3, 0.4) is 0 Å². The van der Waals surface area contributed by atoms with E-state index >= 15 is 0 Å². The number of hydrogen-bond acceptors (Lipinski definition) is 3. The van der Waals surface area contributed by atoms with Crippen LogP contribution in [-0.4, -0.2) is 29.8 Å². The first-order chi connectivity index (χ1) is 6.83. The summed E-state index contributed by atoms with van der Waals surface area (Å²) >= 11 is 0. The molecule has 0 aliphatic rings. The summed E-state index contributed by atoms with van der Waals surface area (Å²) in [6, 6.07) is 0. The van der Waals surface area contributed by atoms with Gasteiger partial charge in [0.25, 0.3) is 10.1 Å². The van der Waals surface area contributed by atoms with Crippen molar-refractivity contribution in [3.8, 4) is 0 Å². The number of carboxylic acids is 1. The van der Waals surface area contributed by atoms with Crippen molar-refractivity contribution in [2.75, 3.05) is 5.75 Å². The number of unbranched alkanes of at least 4 members (excludes halogenated alkanes) is 3. The van der Waals surface area contributed by atoms with Gasteiger partial charge in [0.15, 0.2) is 0 Å². The quantitative estimate of drug-likeness (QED) is 0.378. The molecule has 0 bridgehead atoms. The number of hydrogen-bond donors (Lipinski definition) is 2. The van der Waals surface area contributed by atoms with Gasteiger partial charge >= 0.3 is 5.97 Å². The van der Waals surface area contributed by atoms with Crippen molar-refractivity contribution < 1.29 is 22.9 Å². The summed E-state index contributed by atoms with van der Waals surface area (Å²) in [4.78, 5) is 10.3. The average molecular weight is 236 g/mol. The largest absolute Gasteiger partial charge is 0.478 e. The Labute approximate surface area is 89.6 Å². The molecule has 0 amide bonds. The molecule has 15 heavy (non-hydrogen) atoms. The molecular formula is C9H16O5S. The molecule has 5 nitrogen and oxygen atoms in total. The molecule has 6 heteroatoms. The van der Waals surface area contributed by atoms with Crippen LogP contribution in [0.1, 0.15) is 32.1 Å². The van der Waals surface area contributed by atoms with Crippen LogP contribution in [0.4, 0.5) is 0 Å². The van der Waals surface area contributed by atoms with E-state index in [1.54, 1.807) is 0 Å². The number of carboxylic acid groups (broad SMARTS) is 1. The average Bonchev–Trinajstić information content (AvgIpc) is 2.08. The molecule has 0 aliphatic carbocycles. The highest BCUT2D eigenvalue weighted by Crippen LogP contribution is 2.09. The SMILES string of the molecule is C=C(CCCCCCS(=O)(=O)O)C(=O)O. The minimum absolute atomic E-state index is 0.171. The second-order valence-corrected chi connectivity index (χ2v) is 4.93. The molecule has 0 saturated carbocycles. The fourth-order valence-electron chi connectivity index (χ4n) is 1.08. The second kappa shape index (κ2) is 6.58. The number of rotatable bonds is 8. The predicted molar refractivity (Wildman–Crippen MR) is 56.3 cm³/mol. The maximum Gasteiger partial charge on any atom is 0.330 e. The minimum Gasteiger partial charge on any atom is -0.478 e. The summed E-state index contributed by atoms with van der Waals surface area (Å²) in [6.07, 6.45) is 2.89. The summed E-state index contributed by atoms with van der Waals surface area (Å²) in [5.41, 5.74) is 0.171. The van der Waals surface area contributed by atoms with Gasteiger partial charge in [-0.3, -0.25) is 4.55 Å². The first kappa shape index (κ1) is 14.1. The molecule has 0 saturated heterocycles. The van der Waals surface area contributed by atoms with Gasteiger partial charge in [-0.15, -0.1) is 0 Å². The first-order valence-corrected chi connectivity index (χ1v) is 6.30. The van der Waals surface area contributed by atoms with Crippen molar-refractivity contribution in [1.29, 1.82) is 0 Å². The lowest BCUT2D eigenvalue weighted by atomic mass is 10.1. The van der Waals surface area contributed by atoms with E-state index in [-0.39, 0.29) is 11.3 Å². The van der Waals surface area contributed by atoms with Gasteiger partial charge in [-0.1, -0.05) is 19.4 Å². The van der Waals surface area contributed by atoms with Crippen molar-refractivity contribution in [2.45, 2.75) is 32.1 Å². The Morgan fingerprint density at radius 3 is 2.13 bits per heavy atom. The Hall–Kier alpha value is -0.880. The fourth-order valence-corrected chi connectivity index (χ4v) is 1.65. The maximum absolute atomic E-state index is 10.3. The number of aliphatic carboxylic acids is 1. The smallest absolute Gasteiger partial charge is 0.330 e. The van der Waals surface area contributed by atoms with Crippen molar-refractivity contribution >= 4 is 16.1 Å². The molecule has 0 radical (unpaired) electrons. The van der Waals surface area contributed by atoms with E-state index in [1.807, 2.05) is 0 Å². The Bertz CT molecular complexity index is 317. The third-order valence-electron chi connectivity index (χ3n) is 1.93. The van der Waals surface area contributed by atoms with E-state index in [1.165, 1.54) is 0 Å². The van der Waals surface area contributed by atoms with Gasteiger partial charge in [0.2, 0.25) is 0 Å². The molecular weight excluding hydrogens is 220 g/mol.